The molecule has 0 saturated carbocycles. The third-order valence-electron chi connectivity index (χ3n) is 2.70. The Morgan fingerprint density at radius 1 is 1.46 bits per heavy atom. The Bertz CT molecular complexity index is 216. The van der Waals surface area contributed by atoms with E-state index >= 15 is 0 Å². The van der Waals surface area contributed by atoms with Crippen LogP contribution in [-0.4, -0.2) is 59.1 Å². The van der Waals surface area contributed by atoms with Crippen LogP contribution in [0.3, 0.4) is 0 Å². The van der Waals surface area contributed by atoms with Gasteiger partial charge in [-0.1, -0.05) is 0 Å². The molecule has 0 aromatic heterocycles. The number of aliphatic hydroxyl groups is 1. The molecule has 4 heteroatoms. The van der Waals surface area contributed by atoms with Crippen LogP contribution in [0, 0.1) is 0 Å². The lowest BCUT2D eigenvalue weighted by molar-refractivity contribution is -0.142. The number of rotatable bonds is 2. The zero-order valence-corrected chi connectivity index (χ0v) is 7.99. The van der Waals surface area contributed by atoms with E-state index in [-0.39, 0.29) is 5.91 Å². The molecule has 1 N–H and O–H groups in total. The Balaban J connectivity index is 1.71. The van der Waals surface area contributed by atoms with Crippen molar-refractivity contribution < 1.29 is 9.90 Å². The lowest BCUT2D eigenvalue weighted by Gasteiger charge is -2.45. The van der Waals surface area contributed by atoms with Gasteiger partial charge in [0.05, 0.1) is 12.1 Å². The molecule has 0 atom stereocenters. The van der Waals surface area contributed by atoms with Gasteiger partial charge in [0.1, 0.15) is 0 Å². The van der Waals surface area contributed by atoms with E-state index < -0.39 is 5.60 Å². The van der Waals surface area contributed by atoms with Crippen molar-refractivity contribution in [1.29, 1.82) is 0 Å². The fraction of sp³-hybridized carbons (Fsp3) is 0.889. The van der Waals surface area contributed by atoms with Gasteiger partial charge >= 0.3 is 0 Å². The molecule has 4 nitrogen and oxygen atoms in total. The van der Waals surface area contributed by atoms with E-state index in [0.29, 0.717) is 19.6 Å². The Morgan fingerprint density at radius 2 is 2.08 bits per heavy atom. The van der Waals surface area contributed by atoms with Crippen molar-refractivity contribution in [2.24, 2.45) is 0 Å². The minimum Gasteiger partial charge on any atom is -0.388 e. The summed E-state index contributed by atoms with van der Waals surface area (Å²) in [5.74, 6) is 0.210. The smallest absolute Gasteiger partial charge is 0.236 e. The third-order valence-corrected chi connectivity index (χ3v) is 2.70. The average Bonchev–Trinajstić information content (AvgIpc) is 1.77. The fourth-order valence-corrected chi connectivity index (χ4v) is 1.89. The van der Waals surface area contributed by atoms with Crippen molar-refractivity contribution in [3.63, 3.8) is 0 Å². The van der Waals surface area contributed by atoms with Gasteiger partial charge in [0.25, 0.3) is 0 Å². The standard InChI is InChI=1S/C9H16N2O2/c1-9(13)6-10(7-9)5-8(12)11-3-2-4-11/h13H,2-7H2,1H3. The van der Waals surface area contributed by atoms with Gasteiger partial charge in [0.15, 0.2) is 0 Å². The SMILES string of the molecule is CC1(O)CN(CC(=O)N2CCC2)C1. The van der Waals surface area contributed by atoms with Crippen LogP contribution in [0.5, 0.6) is 0 Å². The van der Waals surface area contributed by atoms with Crippen molar-refractivity contribution >= 4 is 5.91 Å². The van der Waals surface area contributed by atoms with Crippen molar-refractivity contribution in [2.45, 2.75) is 18.9 Å². The van der Waals surface area contributed by atoms with Crippen LogP contribution in [0.15, 0.2) is 0 Å². The van der Waals surface area contributed by atoms with Crippen LogP contribution in [-0.2, 0) is 4.79 Å². The van der Waals surface area contributed by atoms with Gasteiger partial charge in [0, 0.05) is 26.2 Å². The van der Waals surface area contributed by atoms with Gasteiger partial charge in [-0.25, -0.2) is 0 Å². The normalized spacial score (nSPS) is 26.5. The minimum absolute atomic E-state index is 0.210. The predicted octanol–water partition coefficient (Wildman–Crippen LogP) is -0.715. The Morgan fingerprint density at radius 3 is 2.46 bits per heavy atom. The third kappa shape index (κ3) is 1.84. The molecular formula is C9H16N2O2. The van der Waals surface area contributed by atoms with Crippen LogP contribution in [0.1, 0.15) is 13.3 Å². The van der Waals surface area contributed by atoms with Crippen molar-refractivity contribution in [3.8, 4) is 0 Å². The van der Waals surface area contributed by atoms with Gasteiger partial charge in [0.2, 0.25) is 5.91 Å². The Labute approximate surface area is 78.1 Å². The number of likely N-dealkylation sites (tertiary alicyclic amines) is 2. The Kier molecular flexibility index (Phi) is 2.04. The van der Waals surface area contributed by atoms with Gasteiger partial charge in [-0.05, 0) is 13.3 Å². The summed E-state index contributed by atoms with van der Waals surface area (Å²) in [7, 11) is 0. The number of amides is 1. The second kappa shape index (κ2) is 2.96. The number of β-amino-alcohol motifs (C(OH)–C–C–N with tert-alkyl or cyclic N) is 1. The minimum atomic E-state index is -0.560. The van der Waals surface area contributed by atoms with E-state index in [0.717, 1.165) is 19.5 Å². The molecule has 0 unspecified atom stereocenters. The largest absolute Gasteiger partial charge is 0.388 e. The van der Waals surface area contributed by atoms with Crippen LogP contribution in [0.4, 0.5) is 0 Å². The van der Waals surface area contributed by atoms with Crippen LogP contribution < -0.4 is 0 Å². The van der Waals surface area contributed by atoms with Gasteiger partial charge in [-0.2, -0.15) is 0 Å². The highest BCUT2D eigenvalue weighted by atomic mass is 16.3. The average molecular weight is 184 g/mol. The number of hydrogen-bond donors (Lipinski definition) is 1. The van der Waals surface area contributed by atoms with E-state index in [2.05, 4.69) is 0 Å². The Hall–Kier alpha value is -0.610. The van der Waals surface area contributed by atoms with Crippen molar-refractivity contribution in [2.75, 3.05) is 32.7 Å². The first-order chi connectivity index (χ1) is 6.07. The molecule has 0 aliphatic carbocycles. The maximum atomic E-state index is 11.4. The number of nitrogens with zero attached hydrogens (tertiary/aromatic N) is 2. The first-order valence-corrected chi connectivity index (χ1v) is 4.79. The molecule has 0 spiro atoms. The monoisotopic (exact) mass is 184 g/mol. The summed E-state index contributed by atoms with van der Waals surface area (Å²) in [6.45, 7) is 5.39. The summed E-state index contributed by atoms with van der Waals surface area (Å²) >= 11 is 0. The molecule has 2 aliphatic rings. The van der Waals surface area contributed by atoms with Crippen LogP contribution in [0.25, 0.3) is 0 Å². The number of carbonyl (C=O) groups excluding carboxylic acids is 1. The fourth-order valence-electron chi connectivity index (χ4n) is 1.89. The number of carbonyl (C=O) groups is 1. The summed E-state index contributed by atoms with van der Waals surface area (Å²) in [4.78, 5) is 15.3. The van der Waals surface area contributed by atoms with Gasteiger partial charge < -0.3 is 10.0 Å². The first-order valence-electron chi connectivity index (χ1n) is 4.79. The highest BCUT2D eigenvalue weighted by Crippen LogP contribution is 2.19. The molecule has 2 saturated heterocycles. The van der Waals surface area contributed by atoms with Crippen LogP contribution >= 0.6 is 0 Å². The maximum absolute atomic E-state index is 11.4. The summed E-state index contributed by atoms with van der Waals surface area (Å²) in [6, 6.07) is 0. The summed E-state index contributed by atoms with van der Waals surface area (Å²) < 4.78 is 0. The maximum Gasteiger partial charge on any atom is 0.236 e. The number of hydrogen-bond acceptors (Lipinski definition) is 3. The molecule has 13 heavy (non-hydrogen) atoms. The lowest BCUT2D eigenvalue weighted by atomic mass is 9.97. The van der Waals surface area contributed by atoms with E-state index in [9.17, 15) is 9.90 Å². The topological polar surface area (TPSA) is 43.8 Å². The molecule has 2 rings (SSSR count). The summed E-state index contributed by atoms with van der Waals surface area (Å²) in [6.07, 6.45) is 1.14. The quantitative estimate of drug-likeness (QED) is 0.616. The lowest BCUT2D eigenvalue weighted by Crippen LogP contribution is -2.62. The molecule has 2 heterocycles. The first kappa shape index (κ1) is 8.97. The highest BCUT2D eigenvalue weighted by Gasteiger charge is 2.38. The highest BCUT2D eigenvalue weighted by molar-refractivity contribution is 5.79. The van der Waals surface area contributed by atoms with Crippen LogP contribution in [0.2, 0.25) is 0 Å². The molecule has 1 amide bonds. The zero-order valence-electron chi connectivity index (χ0n) is 7.99. The molecule has 0 radical (unpaired) electrons. The molecule has 74 valence electrons. The van der Waals surface area contributed by atoms with E-state index in [4.69, 9.17) is 0 Å². The van der Waals surface area contributed by atoms with Gasteiger partial charge in [-0.15, -0.1) is 0 Å². The second-order valence-electron chi connectivity index (χ2n) is 4.38. The van der Waals surface area contributed by atoms with E-state index in [1.54, 1.807) is 6.92 Å². The molecule has 0 bridgehead atoms. The molecular weight excluding hydrogens is 168 g/mol. The summed E-state index contributed by atoms with van der Waals surface area (Å²) in [5.41, 5.74) is -0.560. The van der Waals surface area contributed by atoms with E-state index in [1.807, 2.05) is 9.80 Å². The predicted molar refractivity (Wildman–Crippen MR) is 48.3 cm³/mol. The molecule has 2 fully saturated rings. The molecule has 0 aromatic rings. The van der Waals surface area contributed by atoms with Crippen molar-refractivity contribution in [3.05, 3.63) is 0 Å². The van der Waals surface area contributed by atoms with E-state index in [1.165, 1.54) is 0 Å². The van der Waals surface area contributed by atoms with Gasteiger partial charge in [-0.3, -0.25) is 9.69 Å². The molecule has 2 aliphatic heterocycles. The second-order valence-corrected chi connectivity index (χ2v) is 4.38. The summed E-state index contributed by atoms with van der Waals surface area (Å²) in [5, 5.41) is 9.44. The zero-order chi connectivity index (χ0) is 9.47. The van der Waals surface area contributed by atoms with Crippen molar-refractivity contribution in [1.82, 2.24) is 9.80 Å². The molecule has 0 aromatic carbocycles.